The lowest BCUT2D eigenvalue weighted by molar-refractivity contribution is -0.116. The van der Waals surface area contributed by atoms with Crippen LogP contribution in [0.15, 0.2) is 42.5 Å². The molecule has 170 valence electrons. The van der Waals surface area contributed by atoms with Crippen molar-refractivity contribution in [3.63, 3.8) is 0 Å². The minimum Gasteiger partial charge on any atom is -0.383 e. The Morgan fingerprint density at radius 2 is 1.66 bits per heavy atom. The Balaban J connectivity index is 0.00000114. The molecule has 0 saturated carbocycles. The molecule has 2 N–H and O–H groups in total. The van der Waals surface area contributed by atoms with Crippen molar-refractivity contribution in [2.24, 2.45) is 0 Å². The normalized spacial score (nSPS) is 10.3. The van der Waals surface area contributed by atoms with Crippen LogP contribution in [0.4, 0.5) is 11.5 Å². The topological polar surface area (TPSA) is 81.2 Å². The van der Waals surface area contributed by atoms with E-state index in [-0.39, 0.29) is 11.8 Å². The van der Waals surface area contributed by atoms with Crippen molar-refractivity contribution >= 4 is 23.3 Å². The summed E-state index contributed by atoms with van der Waals surface area (Å²) >= 11 is 0. The Hall–Kier alpha value is -3.41. The van der Waals surface area contributed by atoms with Gasteiger partial charge in [-0.25, -0.2) is 0 Å². The van der Waals surface area contributed by atoms with E-state index in [2.05, 4.69) is 18.9 Å². The van der Waals surface area contributed by atoms with Crippen molar-refractivity contribution in [1.29, 1.82) is 0 Å². The van der Waals surface area contributed by atoms with Gasteiger partial charge >= 0.3 is 0 Å². The first kappa shape index (κ1) is 24.9. The number of rotatable bonds is 4. The van der Waals surface area contributed by atoms with Crippen molar-refractivity contribution in [2.45, 2.75) is 54.9 Å². The fraction of sp³-hybridized carbons (Fsp3) is 0.346. The van der Waals surface area contributed by atoms with Crippen LogP contribution in [-0.4, -0.2) is 28.1 Å². The van der Waals surface area contributed by atoms with Gasteiger partial charge in [0.1, 0.15) is 11.5 Å². The maximum absolute atomic E-state index is 12.1. The van der Waals surface area contributed by atoms with E-state index in [0.29, 0.717) is 23.6 Å². The van der Waals surface area contributed by atoms with Gasteiger partial charge in [0.2, 0.25) is 11.8 Å². The van der Waals surface area contributed by atoms with Gasteiger partial charge in [-0.15, -0.1) is 0 Å². The molecule has 1 amide bonds. The molecule has 1 aromatic heterocycles. The van der Waals surface area contributed by atoms with E-state index in [1.807, 2.05) is 63.2 Å². The van der Waals surface area contributed by atoms with Crippen molar-refractivity contribution < 1.29 is 9.59 Å². The predicted molar refractivity (Wildman–Crippen MR) is 133 cm³/mol. The number of aryl methyl sites for hydroxylation is 2. The summed E-state index contributed by atoms with van der Waals surface area (Å²) in [6.45, 7) is 13.7. The Bertz CT molecular complexity index is 1120. The summed E-state index contributed by atoms with van der Waals surface area (Å²) in [7, 11) is 0. The lowest BCUT2D eigenvalue weighted by atomic mass is 9.97. The molecule has 2 aromatic carbocycles. The van der Waals surface area contributed by atoms with Crippen LogP contribution < -0.4 is 10.6 Å². The molecule has 0 aliphatic heterocycles. The first-order valence-corrected chi connectivity index (χ1v) is 11.0. The van der Waals surface area contributed by atoms with E-state index in [0.717, 1.165) is 27.9 Å². The van der Waals surface area contributed by atoms with Crippen molar-refractivity contribution in [3.05, 3.63) is 53.6 Å². The highest BCUT2D eigenvalue weighted by Gasteiger charge is 2.22. The molecule has 0 atom stereocenters. The highest BCUT2D eigenvalue weighted by Crippen LogP contribution is 2.38. The summed E-state index contributed by atoms with van der Waals surface area (Å²) < 4.78 is 1.24. The maximum atomic E-state index is 12.1. The van der Waals surface area contributed by atoms with Crippen molar-refractivity contribution in [3.8, 4) is 22.4 Å². The molecule has 6 nitrogen and oxygen atoms in total. The van der Waals surface area contributed by atoms with Gasteiger partial charge in [0.15, 0.2) is 0 Å². The van der Waals surface area contributed by atoms with Gasteiger partial charge < -0.3 is 10.6 Å². The molecular formula is C26H34N4O2. The number of carbonyl (C=O) groups excluding carboxylic acids is 2. The molecule has 0 unspecified atom stereocenters. The fourth-order valence-corrected chi connectivity index (χ4v) is 3.63. The molecule has 3 rings (SSSR count). The number of anilines is 2. The zero-order valence-corrected chi connectivity index (χ0v) is 20.2. The number of nitrogen functional groups attached to an aromatic ring is 1. The SMILES string of the molecule is CCC.CCN(C(C)=O)c1ccc(-c2c(-c3cccc(C)c3)nn(C(C)=O)c2N)cc1C. The van der Waals surface area contributed by atoms with Gasteiger partial charge in [-0.05, 0) is 50.1 Å². The van der Waals surface area contributed by atoms with Gasteiger partial charge in [0.05, 0.1) is 5.56 Å². The number of hydrogen-bond acceptors (Lipinski definition) is 4. The van der Waals surface area contributed by atoms with E-state index in [9.17, 15) is 9.59 Å². The Labute approximate surface area is 191 Å². The molecule has 0 aliphatic rings. The number of hydrogen-bond donors (Lipinski definition) is 1. The third-order valence-corrected chi connectivity index (χ3v) is 4.98. The molecule has 0 radical (unpaired) electrons. The zero-order valence-electron chi connectivity index (χ0n) is 20.2. The molecule has 0 aliphatic carbocycles. The van der Waals surface area contributed by atoms with Crippen LogP contribution in [0, 0.1) is 13.8 Å². The Morgan fingerprint density at radius 3 is 2.16 bits per heavy atom. The van der Waals surface area contributed by atoms with Crippen molar-refractivity contribution in [2.75, 3.05) is 17.2 Å². The number of amides is 1. The predicted octanol–water partition coefficient (Wildman–Crippen LogP) is 5.87. The fourth-order valence-electron chi connectivity index (χ4n) is 3.63. The quantitative estimate of drug-likeness (QED) is 0.557. The van der Waals surface area contributed by atoms with Gasteiger partial charge in [-0.3, -0.25) is 9.59 Å². The molecular weight excluding hydrogens is 400 g/mol. The van der Waals surface area contributed by atoms with Crippen LogP contribution in [0.5, 0.6) is 0 Å². The van der Waals surface area contributed by atoms with E-state index >= 15 is 0 Å². The van der Waals surface area contributed by atoms with E-state index in [1.54, 1.807) is 11.8 Å². The Morgan fingerprint density at radius 1 is 1.00 bits per heavy atom. The highest BCUT2D eigenvalue weighted by atomic mass is 16.2. The number of nitrogens with two attached hydrogens (primary N) is 1. The largest absolute Gasteiger partial charge is 0.383 e. The van der Waals surface area contributed by atoms with Gasteiger partial charge in [0.25, 0.3) is 0 Å². The number of nitrogens with zero attached hydrogens (tertiary/aromatic N) is 3. The molecule has 0 spiro atoms. The van der Waals surface area contributed by atoms with Gasteiger partial charge in [-0.2, -0.15) is 9.78 Å². The first-order valence-electron chi connectivity index (χ1n) is 11.0. The van der Waals surface area contributed by atoms with Gasteiger partial charge in [0, 0.05) is 31.6 Å². The summed E-state index contributed by atoms with van der Waals surface area (Å²) in [4.78, 5) is 25.7. The number of aromatic nitrogens is 2. The minimum absolute atomic E-state index is 0.00675. The molecule has 6 heteroatoms. The summed E-state index contributed by atoms with van der Waals surface area (Å²) in [5.74, 6) is 0.0533. The lowest BCUT2D eigenvalue weighted by Gasteiger charge is -2.22. The van der Waals surface area contributed by atoms with Crippen LogP contribution in [0.1, 0.15) is 57.0 Å². The Kier molecular flexibility index (Phi) is 8.35. The molecule has 0 bridgehead atoms. The average Bonchev–Trinajstić information content (AvgIpc) is 3.07. The summed E-state index contributed by atoms with van der Waals surface area (Å²) in [6.07, 6.45) is 1.25. The monoisotopic (exact) mass is 434 g/mol. The highest BCUT2D eigenvalue weighted by molar-refractivity contribution is 5.95. The second-order valence-electron chi connectivity index (χ2n) is 7.88. The van der Waals surface area contributed by atoms with Crippen LogP contribution in [0.2, 0.25) is 0 Å². The average molecular weight is 435 g/mol. The maximum Gasteiger partial charge on any atom is 0.245 e. The van der Waals surface area contributed by atoms with E-state index in [4.69, 9.17) is 5.73 Å². The molecule has 0 fully saturated rings. The zero-order chi connectivity index (χ0) is 24.0. The third-order valence-electron chi connectivity index (χ3n) is 4.98. The summed E-state index contributed by atoms with van der Waals surface area (Å²) in [6, 6.07) is 13.8. The smallest absolute Gasteiger partial charge is 0.245 e. The lowest BCUT2D eigenvalue weighted by Crippen LogP contribution is -2.28. The first-order chi connectivity index (χ1) is 15.2. The molecule has 32 heavy (non-hydrogen) atoms. The second-order valence-corrected chi connectivity index (χ2v) is 7.88. The third kappa shape index (κ3) is 5.25. The van der Waals surface area contributed by atoms with E-state index < -0.39 is 0 Å². The van der Waals surface area contributed by atoms with Gasteiger partial charge in [-0.1, -0.05) is 50.1 Å². The summed E-state index contributed by atoms with van der Waals surface area (Å²) in [5, 5.41) is 4.51. The van der Waals surface area contributed by atoms with Crippen LogP contribution in [0.3, 0.4) is 0 Å². The standard InChI is InChI=1S/C23H26N4O2.C3H8/c1-6-26(16(4)28)20-11-10-18(13-15(20)3)21-22(19-9-7-8-14(2)12-19)25-27(17(5)29)23(21)24;1-3-2/h7-13H,6,24H2,1-5H3;3H2,1-2H3. The van der Waals surface area contributed by atoms with Crippen LogP contribution in [0.25, 0.3) is 22.4 Å². The number of carbonyl (C=O) groups is 2. The molecule has 3 aromatic rings. The molecule has 0 saturated heterocycles. The van der Waals surface area contributed by atoms with E-state index in [1.165, 1.54) is 18.0 Å². The second kappa shape index (κ2) is 10.8. The number of benzene rings is 2. The molecule has 1 heterocycles. The van der Waals surface area contributed by atoms with Crippen molar-refractivity contribution in [1.82, 2.24) is 9.78 Å². The summed E-state index contributed by atoms with van der Waals surface area (Å²) in [5.41, 5.74) is 12.4. The minimum atomic E-state index is -0.246. The van der Waals surface area contributed by atoms with Crippen LogP contribution >= 0.6 is 0 Å². The van der Waals surface area contributed by atoms with Crippen LogP contribution in [-0.2, 0) is 4.79 Å².